The van der Waals surface area contributed by atoms with Crippen LogP contribution in [-0.4, -0.2) is 30.0 Å². The first-order valence-corrected chi connectivity index (χ1v) is 15.1. The first-order valence-electron chi connectivity index (χ1n) is 15.1. The number of rotatable bonds is 13. The maximum Gasteiger partial charge on any atom is 0.573 e. The van der Waals surface area contributed by atoms with Crippen molar-refractivity contribution in [2.24, 2.45) is 17.8 Å². The molecule has 0 heterocycles. The Bertz CT molecular complexity index is 1400. The summed E-state index contributed by atoms with van der Waals surface area (Å²) in [6.07, 6.45) is -4.56. The monoisotopic (exact) mass is 614 g/mol. The second kappa shape index (κ2) is 13.6. The third kappa shape index (κ3) is 8.52. The summed E-state index contributed by atoms with van der Waals surface area (Å²) >= 11 is 0. The van der Waals surface area contributed by atoms with Crippen molar-refractivity contribution < 1.29 is 32.2 Å². The van der Waals surface area contributed by atoms with Crippen molar-refractivity contribution in [2.75, 3.05) is 17.2 Å². The molecule has 0 aromatic heterocycles. The minimum Gasteiger partial charge on any atom is -0.406 e. The lowest BCUT2D eigenvalue weighted by Gasteiger charge is -2.27. The van der Waals surface area contributed by atoms with Crippen molar-refractivity contribution in [2.45, 2.75) is 77.9 Å². The predicted molar refractivity (Wildman–Crippen MR) is 166 cm³/mol. The van der Waals surface area contributed by atoms with E-state index in [1.807, 2.05) is 39.0 Å². The predicted octanol–water partition coefficient (Wildman–Crippen LogP) is 8.38. The molecule has 238 valence electrons. The average molecular weight is 615 g/mol. The fraction of sp³-hybridized carbons (Fsp3) is 0.457. The number of nitrogens with one attached hydrogen (secondary N) is 2. The number of anilines is 2. The smallest absolute Gasteiger partial charge is 0.406 e. The lowest BCUT2D eigenvalue weighted by Crippen LogP contribution is -2.28. The molecule has 5 nitrogen and oxygen atoms in total. The van der Waals surface area contributed by atoms with Gasteiger partial charge in [-0.1, -0.05) is 70.5 Å². The summed E-state index contributed by atoms with van der Waals surface area (Å²) in [5.41, 5.74) is 4.46. The van der Waals surface area contributed by atoms with Crippen LogP contribution in [0, 0.1) is 17.8 Å². The molecule has 0 bridgehead atoms. The molecule has 3 N–H and O–H groups in total. The van der Waals surface area contributed by atoms with Gasteiger partial charge in [-0.05, 0) is 77.8 Å². The summed E-state index contributed by atoms with van der Waals surface area (Å²) < 4.78 is 56.5. The number of hydrogen-bond donors (Lipinski definition) is 3. The van der Waals surface area contributed by atoms with Crippen molar-refractivity contribution in [3.05, 3.63) is 89.0 Å². The summed E-state index contributed by atoms with van der Waals surface area (Å²) in [4.78, 5) is 12.8. The van der Waals surface area contributed by atoms with Crippen molar-refractivity contribution >= 4 is 17.3 Å². The summed E-state index contributed by atoms with van der Waals surface area (Å²) in [7, 11) is 0. The zero-order valence-electron chi connectivity index (χ0n) is 25.8. The van der Waals surface area contributed by atoms with Crippen LogP contribution in [0.5, 0.6) is 5.75 Å². The van der Waals surface area contributed by atoms with E-state index in [9.17, 15) is 23.1 Å². The number of alkyl halides is 4. The maximum absolute atomic E-state index is 15.0. The molecule has 4 rings (SSSR count). The van der Waals surface area contributed by atoms with Gasteiger partial charge in [-0.3, -0.25) is 4.79 Å². The minimum atomic E-state index is -4.73. The molecule has 1 aliphatic carbocycles. The molecule has 3 aromatic rings. The molecule has 9 heteroatoms. The molecule has 0 aliphatic heterocycles. The first kappa shape index (κ1) is 33.3. The van der Waals surface area contributed by atoms with E-state index >= 15 is 4.39 Å². The second-order valence-corrected chi connectivity index (χ2v) is 12.6. The highest BCUT2D eigenvalue weighted by atomic mass is 19.4. The molecule has 0 radical (unpaired) electrons. The van der Waals surface area contributed by atoms with Gasteiger partial charge in [0.1, 0.15) is 11.9 Å². The van der Waals surface area contributed by atoms with Gasteiger partial charge in [0.05, 0.1) is 12.5 Å². The van der Waals surface area contributed by atoms with Gasteiger partial charge in [0.2, 0.25) is 5.91 Å². The van der Waals surface area contributed by atoms with Crippen molar-refractivity contribution in [3.63, 3.8) is 0 Å². The highest BCUT2D eigenvalue weighted by Crippen LogP contribution is 2.56. The van der Waals surface area contributed by atoms with Crippen LogP contribution in [0.25, 0.3) is 0 Å². The van der Waals surface area contributed by atoms with Crippen LogP contribution in [-0.2, 0) is 23.1 Å². The van der Waals surface area contributed by atoms with Gasteiger partial charge in [-0.15, -0.1) is 13.2 Å². The molecule has 1 saturated carbocycles. The van der Waals surface area contributed by atoms with E-state index in [1.54, 1.807) is 43.3 Å². The summed E-state index contributed by atoms with van der Waals surface area (Å²) in [5, 5.41) is 16.3. The van der Waals surface area contributed by atoms with Gasteiger partial charge in [0, 0.05) is 29.3 Å². The Morgan fingerprint density at radius 3 is 2.23 bits per heavy atom. The Hall–Kier alpha value is -3.59. The van der Waals surface area contributed by atoms with E-state index in [2.05, 4.69) is 22.3 Å². The quantitative estimate of drug-likeness (QED) is 0.169. The van der Waals surface area contributed by atoms with Crippen molar-refractivity contribution in [3.8, 4) is 5.75 Å². The molecular formula is C35H42F4N2O3. The number of amides is 1. The molecule has 5 unspecified atom stereocenters. The van der Waals surface area contributed by atoms with Crippen LogP contribution < -0.4 is 15.4 Å². The number of hydrogen-bond acceptors (Lipinski definition) is 4. The molecule has 1 amide bonds. The van der Waals surface area contributed by atoms with E-state index in [1.165, 1.54) is 12.1 Å². The second-order valence-electron chi connectivity index (χ2n) is 12.6. The largest absolute Gasteiger partial charge is 0.573 e. The van der Waals surface area contributed by atoms with E-state index in [-0.39, 0.29) is 41.2 Å². The Kier molecular flexibility index (Phi) is 10.3. The SMILES string of the molecule is CCCc1cc(NC(=O)Cc2ccc(C(F)C3C(C)C3C(C)O)cc2)ccc1NCC(C)(C)c1ccc(OC(F)(F)F)cc1. The number of carbonyl (C=O) groups is 1. The zero-order valence-corrected chi connectivity index (χ0v) is 25.8. The van der Waals surface area contributed by atoms with Crippen LogP contribution in [0.3, 0.4) is 0 Å². The van der Waals surface area contributed by atoms with E-state index in [4.69, 9.17) is 0 Å². The molecular weight excluding hydrogens is 572 g/mol. The van der Waals surface area contributed by atoms with Crippen molar-refractivity contribution in [1.29, 1.82) is 0 Å². The zero-order chi connectivity index (χ0) is 32.2. The molecule has 44 heavy (non-hydrogen) atoms. The van der Waals surface area contributed by atoms with Gasteiger partial charge in [0.25, 0.3) is 0 Å². The molecule has 5 atom stereocenters. The molecule has 0 spiro atoms. The topological polar surface area (TPSA) is 70.6 Å². The molecule has 1 aliphatic rings. The Labute approximate surface area is 257 Å². The first-order chi connectivity index (χ1) is 20.7. The van der Waals surface area contributed by atoms with Crippen molar-refractivity contribution in [1.82, 2.24) is 0 Å². The Morgan fingerprint density at radius 2 is 1.66 bits per heavy atom. The lowest BCUT2D eigenvalue weighted by atomic mass is 9.84. The van der Waals surface area contributed by atoms with Gasteiger partial charge in [-0.25, -0.2) is 4.39 Å². The van der Waals surface area contributed by atoms with Gasteiger partial charge < -0.3 is 20.5 Å². The maximum atomic E-state index is 15.0. The van der Waals surface area contributed by atoms with E-state index in [0.717, 1.165) is 35.2 Å². The fourth-order valence-corrected chi connectivity index (χ4v) is 6.03. The van der Waals surface area contributed by atoms with Crippen LogP contribution in [0.1, 0.15) is 69.5 Å². The van der Waals surface area contributed by atoms with Gasteiger partial charge >= 0.3 is 6.36 Å². The average Bonchev–Trinajstić information content (AvgIpc) is 3.63. The van der Waals surface area contributed by atoms with Crippen LogP contribution in [0.2, 0.25) is 0 Å². The van der Waals surface area contributed by atoms with Crippen LogP contribution >= 0.6 is 0 Å². The number of aryl methyl sites for hydroxylation is 1. The number of aliphatic hydroxyl groups is 1. The Balaban J connectivity index is 1.34. The summed E-state index contributed by atoms with van der Waals surface area (Å²) in [6, 6.07) is 18.6. The summed E-state index contributed by atoms with van der Waals surface area (Å²) in [5.74, 6) is -0.500. The third-order valence-electron chi connectivity index (χ3n) is 8.57. The standard InChI is InChI=1S/C35H42F4N2O3/c1-6-7-25-19-27(14-17-29(25)40-20-34(4,5)26-12-15-28(16-13-26)44-35(37,38)39)41-30(43)18-23-8-10-24(11-9-23)33(36)32-21(2)31(32)22(3)42/h8-17,19,21-22,31-33,40,42H,6-7,18,20H2,1-5H3,(H,41,43). The molecule has 0 saturated heterocycles. The normalized spacial score (nSPS) is 19.6. The Morgan fingerprint density at radius 1 is 1.00 bits per heavy atom. The van der Waals surface area contributed by atoms with Crippen LogP contribution in [0.15, 0.2) is 66.7 Å². The molecule has 1 fully saturated rings. The highest BCUT2D eigenvalue weighted by molar-refractivity contribution is 5.92. The minimum absolute atomic E-state index is 0.0244. The number of aliphatic hydroxyl groups excluding tert-OH is 1. The van der Waals surface area contributed by atoms with Crippen LogP contribution in [0.4, 0.5) is 28.9 Å². The number of carbonyl (C=O) groups excluding carboxylic acids is 1. The summed E-state index contributed by atoms with van der Waals surface area (Å²) in [6.45, 7) is 10.3. The third-order valence-corrected chi connectivity index (χ3v) is 8.57. The lowest BCUT2D eigenvalue weighted by molar-refractivity contribution is -0.274. The number of ether oxygens (including phenoxy) is 1. The number of benzene rings is 3. The van der Waals surface area contributed by atoms with E-state index in [0.29, 0.717) is 17.8 Å². The number of halogens is 4. The molecule has 3 aromatic carbocycles. The van der Waals surface area contributed by atoms with Gasteiger partial charge in [-0.2, -0.15) is 0 Å². The van der Waals surface area contributed by atoms with Gasteiger partial charge in [0.15, 0.2) is 0 Å². The highest BCUT2D eigenvalue weighted by Gasteiger charge is 2.54. The van der Waals surface area contributed by atoms with E-state index < -0.39 is 18.6 Å². The fourth-order valence-electron chi connectivity index (χ4n) is 6.03.